The van der Waals surface area contributed by atoms with E-state index in [1.54, 1.807) is 4.52 Å². The molecule has 106 valence electrons. The van der Waals surface area contributed by atoms with Gasteiger partial charge in [0, 0.05) is 11.1 Å². The molecule has 0 aliphatic heterocycles. The summed E-state index contributed by atoms with van der Waals surface area (Å²) in [5.74, 6) is 0.462. The molecule has 0 atom stereocenters. The molecule has 0 unspecified atom stereocenters. The van der Waals surface area contributed by atoms with Crippen LogP contribution in [0, 0.1) is 4.77 Å². The molecule has 0 bridgehead atoms. The summed E-state index contributed by atoms with van der Waals surface area (Å²) in [6.45, 7) is 0. The number of hydrogen-bond acceptors (Lipinski definition) is 4. The third kappa shape index (κ3) is 2.10. The maximum absolute atomic E-state index is 5.20. The van der Waals surface area contributed by atoms with Gasteiger partial charge in [-0.05, 0) is 12.2 Å². The van der Waals surface area contributed by atoms with E-state index in [9.17, 15) is 0 Å². The van der Waals surface area contributed by atoms with Crippen molar-refractivity contribution in [1.29, 1.82) is 0 Å². The fourth-order valence-corrected chi connectivity index (χ4v) is 2.50. The molecular formula is C16H11N5S. The first-order valence-electron chi connectivity index (χ1n) is 6.79. The number of aromatic amines is 1. The highest BCUT2D eigenvalue weighted by Crippen LogP contribution is 2.28. The van der Waals surface area contributed by atoms with Gasteiger partial charge in [-0.1, -0.05) is 60.7 Å². The van der Waals surface area contributed by atoms with E-state index in [-0.39, 0.29) is 0 Å². The second-order valence-electron chi connectivity index (χ2n) is 4.78. The Morgan fingerprint density at radius 2 is 1.41 bits per heavy atom. The van der Waals surface area contributed by atoms with Gasteiger partial charge in [-0.2, -0.15) is 9.61 Å². The van der Waals surface area contributed by atoms with Crippen LogP contribution in [0.25, 0.3) is 28.3 Å². The third-order valence-corrected chi connectivity index (χ3v) is 3.63. The zero-order chi connectivity index (χ0) is 14.9. The average Bonchev–Trinajstić information content (AvgIpc) is 2.96. The quantitative estimate of drug-likeness (QED) is 0.576. The summed E-state index contributed by atoms with van der Waals surface area (Å²) >= 11 is 5.20. The fraction of sp³-hybridized carbons (Fsp3) is 0. The number of rotatable bonds is 2. The van der Waals surface area contributed by atoms with E-state index < -0.39 is 0 Å². The molecule has 4 rings (SSSR count). The summed E-state index contributed by atoms with van der Waals surface area (Å²) < 4.78 is 1.98. The van der Waals surface area contributed by atoms with Crippen LogP contribution >= 0.6 is 12.2 Å². The number of aromatic nitrogens is 5. The first kappa shape index (κ1) is 12.8. The third-order valence-electron chi connectivity index (χ3n) is 3.36. The highest BCUT2D eigenvalue weighted by atomic mass is 32.1. The van der Waals surface area contributed by atoms with Crippen LogP contribution in [0.3, 0.4) is 0 Å². The van der Waals surface area contributed by atoms with Crippen LogP contribution in [0.2, 0.25) is 0 Å². The van der Waals surface area contributed by atoms with Crippen LogP contribution < -0.4 is 0 Å². The predicted octanol–water partition coefficient (Wildman–Crippen LogP) is 3.52. The molecule has 2 aromatic heterocycles. The summed E-state index contributed by atoms with van der Waals surface area (Å²) in [7, 11) is 0. The van der Waals surface area contributed by atoms with Gasteiger partial charge in [-0.15, -0.1) is 5.10 Å². The Labute approximate surface area is 131 Å². The molecule has 0 saturated carbocycles. The Bertz CT molecular complexity index is 989. The van der Waals surface area contributed by atoms with Gasteiger partial charge in [0.15, 0.2) is 0 Å². The van der Waals surface area contributed by atoms with E-state index in [1.807, 2.05) is 60.7 Å². The highest BCUT2D eigenvalue weighted by molar-refractivity contribution is 7.71. The summed E-state index contributed by atoms with van der Waals surface area (Å²) in [6.07, 6.45) is 0. The van der Waals surface area contributed by atoms with E-state index in [0.717, 1.165) is 22.5 Å². The Morgan fingerprint density at radius 3 is 2.05 bits per heavy atom. The van der Waals surface area contributed by atoms with Crippen LogP contribution in [-0.2, 0) is 0 Å². The van der Waals surface area contributed by atoms with Crippen LogP contribution in [0.4, 0.5) is 0 Å². The Morgan fingerprint density at radius 1 is 0.818 bits per heavy atom. The van der Waals surface area contributed by atoms with Gasteiger partial charge in [-0.25, -0.2) is 10.1 Å². The number of nitrogens with zero attached hydrogens (tertiary/aromatic N) is 4. The Balaban J connectivity index is 2.07. The lowest BCUT2D eigenvalue weighted by atomic mass is 10.0. The SMILES string of the molecule is S=c1[nH]nc2nc(-c3ccccc3)c(-c3ccccc3)nn12. The number of benzene rings is 2. The number of nitrogens with one attached hydrogen (secondary N) is 1. The molecule has 2 heterocycles. The first-order valence-corrected chi connectivity index (χ1v) is 7.20. The average molecular weight is 305 g/mol. The second kappa shape index (κ2) is 5.16. The molecule has 4 aromatic rings. The van der Waals surface area contributed by atoms with E-state index >= 15 is 0 Å². The van der Waals surface area contributed by atoms with Gasteiger partial charge in [-0.3, -0.25) is 0 Å². The normalized spacial score (nSPS) is 10.9. The van der Waals surface area contributed by atoms with Crippen molar-refractivity contribution in [3.05, 3.63) is 65.4 Å². The molecule has 5 nitrogen and oxygen atoms in total. The number of fused-ring (bicyclic) bond motifs is 1. The smallest absolute Gasteiger partial charge is 0.248 e. The zero-order valence-corrected chi connectivity index (χ0v) is 12.3. The lowest BCUT2D eigenvalue weighted by Crippen LogP contribution is -2.01. The van der Waals surface area contributed by atoms with Crippen molar-refractivity contribution in [2.24, 2.45) is 0 Å². The highest BCUT2D eigenvalue weighted by Gasteiger charge is 2.14. The van der Waals surface area contributed by atoms with E-state index in [1.165, 1.54) is 0 Å². The number of H-pyrrole nitrogens is 1. The molecule has 0 saturated heterocycles. The minimum absolute atomic E-state index is 0.430. The summed E-state index contributed by atoms with van der Waals surface area (Å²) in [4.78, 5) is 4.63. The van der Waals surface area contributed by atoms with Crippen molar-refractivity contribution < 1.29 is 0 Å². The Hall–Kier alpha value is -2.86. The van der Waals surface area contributed by atoms with E-state index in [0.29, 0.717) is 10.5 Å². The van der Waals surface area contributed by atoms with Gasteiger partial charge < -0.3 is 0 Å². The van der Waals surface area contributed by atoms with Crippen molar-refractivity contribution in [1.82, 2.24) is 24.8 Å². The van der Waals surface area contributed by atoms with Crippen molar-refractivity contribution in [2.75, 3.05) is 0 Å². The molecule has 0 fully saturated rings. The van der Waals surface area contributed by atoms with E-state index in [4.69, 9.17) is 12.2 Å². The lowest BCUT2D eigenvalue weighted by molar-refractivity contribution is 0.894. The van der Waals surface area contributed by atoms with Crippen LogP contribution in [-0.4, -0.2) is 24.8 Å². The minimum Gasteiger partial charge on any atom is -0.248 e. The summed E-state index contributed by atoms with van der Waals surface area (Å²) in [6, 6.07) is 19.9. The van der Waals surface area contributed by atoms with Crippen molar-refractivity contribution in [3.8, 4) is 22.5 Å². The topological polar surface area (TPSA) is 58.9 Å². The molecular weight excluding hydrogens is 294 g/mol. The van der Waals surface area contributed by atoms with Crippen LogP contribution in [0.1, 0.15) is 0 Å². The number of hydrogen-bond donors (Lipinski definition) is 1. The van der Waals surface area contributed by atoms with Gasteiger partial charge in [0.25, 0.3) is 5.78 Å². The van der Waals surface area contributed by atoms with Gasteiger partial charge in [0.1, 0.15) is 11.4 Å². The van der Waals surface area contributed by atoms with Crippen molar-refractivity contribution in [2.45, 2.75) is 0 Å². The van der Waals surface area contributed by atoms with E-state index in [2.05, 4.69) is 20.3 Å². The molecule has 6 heteroatoms. The van der Waals surface area contributed by atoms with Crippen LogP contribution in [0.5, 0.6) is 0 Å². The molecule has 0 amide bonds. The van der Waals surface area contributed by atoms with Crippen molar-refractivity contribution >= 4 is 18.0 Å². The Kier molecular flexibility index (Phi) is 3.01. The maximum Gasteiger partial charge on any atom is 0.271 e. The zero-order valence-electron chi connectivity index (χ0n) is 11.5. The van der Waals surface area contributed by atoms with Gasteiger partial charge in [0.05, 0.1) is 0 Å². The summed E-state index contributed by atoms with van der Waals surface area (Å²) in [5.41, 5.74) is 3.54. The predicted molar refractivity (Wildman–Crippen MR) is 86.8 cm³/mol. The standard InChI is InChI=1S/C16H11N5S/c22-16-19-18-15-17-13(11-7-3-1-4-8-11)14(20-21(15)16)12-9-5-2-6-10-12/h1-10H,(H,19,22). The monoisotopic (exact) mass is 305 g/mol. The molecule has 1 N–H and O–H groups in total. The fourth-order valence-electron chi connectivity index (χ4n) is 2.33. The molecule has 0 spiro atoms. The van der Waals surface area contributed by atoms with Crippen LogP contribution in [0.15, 0.2) is 60.7 Å². The van der Waals surface area contributed by atoms with Gasteiger partial charge in [0.2, 0.25) is 4.77 Å². The molecule has 0 aliphatic carbocycles. The first-order chi connectivity index (χ1) is 10.8. The largest absolute Gasteiger partial charge is 0.271 e. The maximum atomic E-state index is 5.20. The summed E-state index contributed by atoms with van der Waals surface area (Å²) in [5, 5.41) is 11.5. The minimum atomic E-state index is 0.430. The molecule has 0 aliphatic rings. The molecule has 0 radical (unpaired) electrons. The molecule has 2 aromatic carbocycles. The van der Waals surface area contributed by atoms with Gasteiger partial charge >= 0.3 is 0 Å². The lowest BCUT2D eigenvalue weighted by Gasteiger charge is -2.08. The molecule has 22 heavy (non-hydrogen) atoms. The van der Waals surface area contributed by atoms with Crippen molar-refractivity contribution in [3.63, 3.8) is 0 Å². The second-order valence-corrected chi connectivity index (χ2v) is 5.17.